The van der Waals surface area contributed by atoms with E-state index in [9.17, 15) is 9.59 Å². The van der Waals surface area contributed by atoms with Gasteiger partial charge in [-0.25, -0.2) is 4.98 Å². The van der Waals surface area contributed by atoms with Gasteiger partial charge in [-0.3, -0.25) is 14.6 Å². The highest BCUT2D eigenvalue weighted by Gasteiger charge is 2.18. The Morgan fingerprint density at radius 2 is 1.94 bits per heavy atom. The number of primary amides is 1. The second kappa shape index (κ2) is 12.3. The number of H-pyrrole nitrogens is 1. The zero-order valence-electron chi connectivity index (χ0n) is 19.2. The van der Waals surface area contributed by atoms with Crippen molar-refractivity contribution < 1.29 is 9.59 Å². The molecule has 4 N–H and O–H groups in total. The number of unbranched alkanes of at least 4 members (excludes halogenated alkanes) is 2. The first-order valence-corrected chi connectivity index (χ1v) is 12.0. The zero-order valence-corrected chi connectivity index (χ0v) is 20.0. The Labute approximate surface area is 198 Å². The van der Waals surface area contributed by atoms with E-state index in [0.29, 0.717) is 17.8 Å². The van der Waals surface area contributed by atoms with Gasteiger partial charge in [0.25, 0.3) is 5.91 Å². The maximum absolute atomic E-state index is 12.4. The minimum Gasteiger partial charge on any atom is -0.370 e. The summed E-state index contributed by atoms with van der Waals surface area (Å²) in [4.78, 5) is 38.2. The molecule has 0 saturated carbocycles. The van der Waals surface area contributed by atoms with Gasteiger partial charge in [-0.2, -0.15) is 0 Å². The second-order valence-corrected chi connectivity index (χ2v) is 9.34. The molecule has 0 aliphatic rings. The second-order valence-electron chi connectivity index (χ2n) is 8.46. The van der Waals surface area contributed by atoms with Crippen LogP contribution in [0.15, 0.2) is 42.2 Å². The van der Waals surface area contributed by atoms with E-state index in [0.717, 1.165) is 49.3 Å². The predicted molar refractivity (Wildman–Crippen MR) is 131 cm³/mol. The fourth-order valence-electron chi connectivity index (χ4n) is 3.68. The molecule has 1 aromatic carbocycles. The first kappa shape index (κ1) is 24.6. The Hall–Kier alpha value is -3.04. The number of carbonyl (C=O) groups is 2. The van der Waals surface area contributed by atoms with Gasteiger partial charge in [0.1, 0.15) is 10.7 Å². The number of aromatic nitrogens is 3. The minimum absolute atomic E-state index is 0.0391. The lowest BCUT2D eigenvalue weighted by atomic mass is 9.99. The molecule has 1 unspecified atom stereocenters. The topological polar surface area (TPSA) is 117 Å². The summed E-state index contributed by atoms with van der Waals surface area (Å²) in [7, 11) is 4.10. The number of hydrogen-bond donors (Lipinski definition) is 3. The van der Waals surface area contributed by atoms with Crippen LogP contribution in [0.2, 0.25) is 0 Å². The van der Waals surface area contributed by atoms with Gasteiger partial charge in [0, 0.05) is 25.4 Å². The van der Waals surface area contributed by atoms with Gasteiger partial charge >= 0.3 is 0 Å². The summed E-state index contributed by atoms with van der Waals surface area (Å²) in [5.41, 5.74) is 10.2. The molecule has 3 rings (SSSR count). The highest BCUT2D eigenvalue weighted by atomic mass is 32.1. The molecule has 9 heteroatoms. The number of amides is 2. The Balaban J connectivity index is 1.66. The number of nitrogens with zero attached hydrogens (tertiary/aromatic N) is 3. The van der Waals surface area contributed by atoms with Gasteiger partial charge in [-0.1, -0.05) is 37.1 Å². The number of thiazole rings is 1. The Morgan fingerprint density at radius 1 is 1.15 bits per heavy atom. The molecule has 1 atom stereocenters. The van der Waals surface area contributed by atoms with E-state index < -0.39 is 0 Å². The van der Waals surface area contributed by atoms with Crippen molar-refractivity contribution in [3.63, 3.8) is 0 Å². The molecule has 0 spiro atoms. The van der Waals surface area contributed by atoms with Crippen molar-refractivity contribution in [2.75, 3.05) is 20.6 Å². The number of rotatable bonds is 13. The van der Waals surface area contributed by atoms with Crippen LogP contribution in [-0.2, 0) is 11.3 Å². The maximum atomic E-state index is 12.4. The monoisotopic (exact) mass is 468 g/mol. The first-order valence-electron chi connectivity index (χ1n) is 11.2. The number of nitrogens with two attached hydrogens (primary N) is 1. The highest BCUT2D eigenvalue weighted by Crippen LogP contribution is 2.24. The quantitative estimate of drug-likeness (QED) is 0.332. The molecule has 0 aliphatic carbocycles. The fourth-order valence-corrected chi connectivity index (χ4v) is 4.21. The molecule has 2 aromatic heterocycles. The molecular weight excluding hydrogens is 436 g/mol. The van der Waals surface area contributed by atoms with Crippen LogP contribution in [0.1, 0.15) is 59.1 Å². The van der Waals surface area contributed by atoms with Crippen LogP contribution in [0.3, 0.4) is 0 Å². The normalized spacial score (nSPS) is 12.1. The van der Waals surface area contributed by atoms with Gasteiger partial charge in [0.2, 0.25) is 5.91 Å². The van der Waals surface area contributed by atoms with E-state index >= 15 is 0 Å². The molecule has 8 nitrogen and oxygen atoms in total. The molecular formula is C24H32N6O2S. The predicted octanol–water partition coefficient (Wildman–Crippen LogP) is 3.54. The molecule has 176 valence electrons. The third-order valence-corrected chi connectivity index (χ3v) is 6.16. The van der Waals surface area contributed by atoms with Gasteiger partial charge in [-0.05, 0) is 38.1 Å². The summed E-state index contributed by atoms with van der Waals surface area (Å²) < 4.78 is 0. The van der Waals surface area contributed by atoms with Crippen molar-refractivity contribution in [1.82, 2.24) is 25.2 Å². The molecule has 3 aromatic rings. The summed E-state index contributed by atoms with van der Waals surface area (Å²) in [6.45, 7) is 1.37. The van der Waals surface area contributed by atoms with E-state index in [2.05, 4.69) is 63.5 Å². The SMILES string of the molecule is CN(C)Cc1ccc(-c2cnc(C(CCCCCC(N)=O)CNC(=O)c3cncs3)[nH]2)cc1. The molecule has 0 saturated heterocycles. The Morgan fingerprint density at radius 3 is 2.61 bits per heavy atom. The lowest BCUT2D eigenvalue weighted by molar-refractivity contribution is -0.118. The van der Waals surface area contributed by atoms with Crippen molar-refractivity contribution >= 4 is 23.2 Å². The van der Waals surface area contributed by atoms with Crippen LogP contribution in [0, 0.1) is 0 Å². The van der Waals surface area contributed by atoms with Crippen molar-refractivity contribution in [3.8, 4) is 11.3 Å². The third kappa shape index (κ3) is 7.80. The van der Waals surface area contributed by atoms with Gasteiger partial charge in [-0.15, -0.1) is 11.3 Å². The van der Waals surface area contributed by atoms with Crippen molar-refractivity contribution in [2.24, 2.45) is 5.73 Å². The lowest BCUT2D eigenvalue weighted by Crippen LogP contribution is -2.28. The van der Waals surface area contributed by atoms with E-state index in [1.54, 1.807) is 11.7 Å². The van der Waals surface area contributed by atoms with Gasteiger partial charge in [0.15, 0.2) is 0 Å². The molecule has 2 amide bonds. The zero-order chi connectivity index (χ0) is 23.6. The van der Waals surface area contributed by atoms with Crippen LogP contribution < -0.4 is 11.1 Å². The van der Waals surface area contributed by atoms with Crippen LogP contribution >= 0.6 is 11.3 Å². The summed E-state index contributed by atoms with van der Waals surface area (Å²) in [6, 6.07) is 8.45. The van der Waals surface area contributed by atoms with Crippen LogP contribution in [-0.4, -0.2) is 52.3 Å². The Bertz CT molecular complexity index is 1010. The standard InChI is InChI=1S/C24H32N6O2S/c1-30(2)15-17-8-10-18(11-9-17)20-13-27-23(29-20)19(6-4-3-5-7-22(25)31)12-28-24(32)21-14-26-16-33-21/h8-11,13-14,16,19H,3-7,12,15H2,1-2H3,(H2,25,31)(H,27,29)(H,28,32). The van der Waals surface area contributed by atoms with Crippen molar-refractivity contribution in [3.05, 3.63) is 58.4 Å². The summed E-state index contributed by atoms with van der Waals surface area (Å²) in [6.07, 6.45) is 7.27. The van der Waals surface area contributed by atoms with Crippen LogP contribution in [0.4, 0.5) is 0 Å². The summed E-state index contributed by atoms with van der Waals surface area (Å²) in [5.74, 6) is 0.495. The third-order valence-electron chi connectivity index (χ3n) is 5.39. The average Bonchev–Trinajstić information content (AvgIpc) is 3.48. The molecule has 0 radical (unpaired) electrons. The largest absolute Gasteiger partial charge is 0.370 e. The van der Waals surface area contributed by atoms with E-state index in [-0.39, 0.29) is 17.7 Å². The lowest BCUT2D eigenvalue weighted by Gasteiger charge is -2.15. The van der Waals surface area contributed by atoms with Crippen molar-refractivity contribution in [2.45, 2.75) is 44.6 Å². The highest BCUT2D eigenvalue weighted by molar-refractivity contribution is 7.11. The van der Waals surface area contributed by atoms with Gasteiger partial charge < -0.3 is 20.9 Å². The molecule has 33 heavy (non-hydrogen) atoms. The number of carbonyl (C=O) groups excluding carboxylic acids is 2. The Kier molecular flexibility index (Phi) is 9.14. The summed E-state index contributed by atoms with van der Waals surface area (Å²) in [5, 5.41) is 3.01. The van der Waals surface area contributed by atoms with Crippen LogP contribution in [0.25, 0.3) is 11.3 Å². The maximum Gasteiger partial charge on any atom is 0.263 e. The molecule has 2 heterocycles. The number of imidazole rings is 1. The van der Waals surface area contributed by atoms with E-state index in [1.807, 2.05) is 6.20 Å². The number of nitrogens with one attached hydrogen (secondary N) is 2. The van der Waals surface area contributed by atoms with Crippen LogP contribution in [0.5, 0.6) is 0 Å². The number of hydrogen-bond acceptors (Lipinski definition) is 6. The van der Waals surface area contributed by atoms with E-state index in [4.69, 9.17) is 5.73 Å². The fraction of sp³-hybridized carbons (Fsp3) is 0.417. The number of aromatic amines is 1. The smallest absolute Gasteiger partial charge is 0.263 e. The summed E-state index contributed by atoms with van der Waals surface area (Å²) >= 11 is 1.32. The van der Waals surface area contributed by atoms with Crippen molar-refractivity contribution in [1.29, 1.82) is 0 Å². The first-order chi connectivity index (χ1) is 15.9. The average molecular weight is 469 g/mol. The van der Waals surface area contributed by atoms with E-state index in [1.165, 1.54) is 16.9 Å². The van der Waals surface area contributed by atoms with Gasteiger partial charge in [0.05, 0.1) is 23.6 Å². The molecule has 0 aliphatic heterocycles. The molecule has 0 bridgehead atoms. The molecule has 0 fully saturated rings. The minimum atomic E-state index is -0.268. The number of benzene rings is 1.